The van der Waals surface area contributed by atoms with Crippen LogP contribution >= 0.6 is 0 Å². The van der Waals surface area contributed by atoms with Gasteiger partial charge in [-0.3, -0.25) is 20.2 Å². The highest BCUT2D eigenvalue weighted by molar-refractivity contribution is 5.84. The molecule has 28 heavy (non-hydrogen) atoms. The molecular formula is C20H19N3O5. The fraction of sp³-hybridized carbons (Fsp3) is 0.300. The maximum absolute atomic E-state index is 11.1. The average Bonchev–Trinajstić information content (AvgIpc) is 3.05. The second-order valence-electron chi connectivity index (χ2n) is 7.12. The molecule has 0 aliphatic heterocycles. The van der Waals surface area contributed by atoms with Gasteiger partial charge in [-0.2, -0.15) is 0 Å². The van der Waals surface area contributed by atoms with Crippen LogP contribution in [0.2, 0.25) is 0 Å². The van der Waals surface area contributed by atoms with Crippen LogP contribution in [-0.4, -0.2) is 15.9 Å². The van der Waals surface area contributed by atoms with Crippen LogP contribution in [0, 0.1) is 20.2 Å². The lowest BCUT2D eigenvalue weighted by Crippen LogP contribution is -2.36. The van der Waals surface area contributed by atoms with E-state index in [1.54, 1.807) is 24.3 Å². The van der Waals surface area contributed by atoms with E-state index >= 15 is 0 Å². The van der Waals surface area contributed by atoms with Gasteiger partial charge < -0.3 is 9.73 Å². The van der Waals surface area contributed by atoms with Crippen molar-refractivity contribution in [3.63, 3.8) is 0 Å². The zero-order valence-corrected chi connectivity index (χ0v) is 15.3. The van der Waals surface area contributed by atoms with Crippen molar-refractivity contribution in [3.05, 3.63) is 79.6 Å². The van der Waals surface area contributed by atoms with E-state index < -0.39 is 9.85 Å². The summed E-state index contributed by atoms with van der Waals surface area (Å²) in [5.41, 5.74) is 2.82. The van der Waals surface area contributed by atoms with Gasteiger partial charge in [-0.1, -0.05) is 12.1 Å². The second kappa shape index (κ2) is 7.05. The summed E-state index contributed by atoms with van der Waals surface area (Å²) in [5.74, 6) is 0.900. The van der Waals surface area contributed by atoms with Gasteiger partial charge in [0.15, 0.2) is 0 Å². The highest BCUT2D eigenvalue weighted by Gasteiger charge is 2.26. The largest absolute Gasteiger partial charge is 0.461 e. The van der Waals surface area contributed by atoms with Crippen LogP contribution in [0.15, 0.2) is 46.9 Å². The van der Waals surface area contributed by atoms with Gasteiger partial charge in [0.1, 0.15) is 11.3 Å². The van der Waals surface area contributed by atoms with Gasteiger partial charge in [-0.25, -0.2) is 0 Å². The van der Waals surface area contributed by atoms with E-state index in [4.69, 9.17) is 4.42 Å². The summed E-state index contributed by atoms with van der Waals surface area (Å²) in [5, 5.41) is 26.3. The lowest BCUT2D eigenvalue weighted by Gasteiger charge is -2.26. The zero-order valence-electron chi connectivity index (χ0n) is 15.3. The minimum Gasteiger partial charge on any atom is -0.461 e. The van der Waals surface area contributed by atoms with Crippen molar-refractivity contribution in [1.29, 1.82) is 0 Å². The van der Waals surface area contributed by atoms with E-state index in [2.05, 4.69) is 5.32 Å². The standard InChI is InChI=1S/C20H19N3O5/c1-12(13-2-5-15(6-3-13)22(24)25)21-14-4-8-19-17(10-14)18-11-16(23(26)27)7-9-20(18)28-19/h2-3,5-7,9,11-12,14,21H,4,8,10H2,1H3. The van der Waals surface area contributed by atoms with Gasteiger partial charge in [0.25, 0.3) is 11.4 Å². The zero-order chi connectivity index (χ0) is 19.8. The van der Waals surface area contributed by atoms with E-state index in [1.165, 1.54) is 18.2 Å². The number of nitrogens with one attached hydrogen (secondary N) is 1. The Labute approximate surface area is 160 Å². The summed E-state index contributed by atoms with van der Waals surface area (Å²) in [6, 6.07) is 11.5. The summed E-state index contributed by atoms with van der Waals surface area (Å²) >= 11 is 0. The van der Waals surface area contributed by atoms with Gasteiger partial charge >= 0.3 is 0 Å². The number of aryl methyl sites for hydroxylation is 1. The summed E-state index contributed by atoms with van der Waals surface area (Å²) in [7, 11) is 0. The summed E-state index contributed by atoms with van der Waals surface area (Å²) < 4.78 is 5.88. The Morgan fingerprint density at radius 2 is 1.75 bits per heavy atom. The van der Waals surface area contributed by atoms with Gasteiger partial charge in [0.2, 0.25) is 0 Å². The molecule has 3 aromatic rings. The molecule has 4 rings (SSSR count). The first-order valence-corrected chi connectivity index (χ1v) is 9.11. The van der Waals surface area contributed by atoms with E-state index in [1.807, 2.05) is 6.92 Å². The number of hydrogen-bond donors (Lipinski definition) is 1. The highest BCUT2D eigenvalue weighted by Crippen LogP contribution is 2.34. The normalized spacial score (nSPS) is 17.2. The molecule has 0 fully saturated rings. The van der Waals surface area contributed by atoms with Crippen LogP contribution in [0.4, 0.5) is 11.4 Å². The molecule has 1 heterocycles. The maximum Gasteiger partial charge on any atom is 0.270 e. The summed E-state index contributed by atoms with van der Waals surface area (Å²) in [6.07, 6.45) is 2.38. The number of hydrogen-bond acceptors (Lipinski definition) is 6. The predicted octanol–water partition coefficient (Wildman–Crippen LogP) is 4.46. The van der Waals surface area contributed by atoms with Crippen molar-refractivity contribution in [3.8, 4) is 0 Å². The Balaban J connectivity index is 1.53. The van der Waals surface area contributed by atoms with E-state index in [0.29, 0.717) is 5.58 Å². The van der Waals surface area contributed by atoms with E-state index in [9.17, 15) is 20.2 Å². The smallest absolute Gasteiger partial charge is 0.270 e. The van der Waals surface area contributed by atoms with E-state index in [-0.39, 0.29) is 23.5 Å². The van der Waals surface area contributed by atoms with Crippen molar-refractivity contribution in [2.45, 2.75) is 38.3 Å². The number of nitro groups is 2. The molecule has 144 valence electrons. The third kappa shape index (κ3) is 3.34. The average molecular weight is 381 g/mol. The Kier molecular flexibility index (Phi) is 4.56. The highest BCUT2D eigenvalue weighted by atomic mass is 16.6. The number of nitro benzene ring substituents is 2. The topological polar surface area (TPSA) is 111 Å². The first-order chi connectivity index (χ1) is 13.4. The SMILES string of the molecule is CC(NC1CCc2oc3ccc([N+](=O)[O-])cc3c2C1)c1ccc([N+](=O)[O-])cc1. The van der Waals surface area contributed by atoms with Gasteiger partial charge in [-0.15, -0.1) is 0 Å². The Bertz CT molecular complexity index is 1060. The van der Waals surface area contributed by atoms with Crippen LogP contribution in [0.5, 0.6) is 0 Å². The molecule has 8 heteroatoms. The first kappa shape index (κ1) is 18.1. The van der Waals surface area contributed by atoms with Crippen molar-refractivity contribution in [2.75, 3.05) is 0 Å². The lowest BCUT2D eigenvalue weighted by molar-refractivity contribution is -0.385. The summed E-state index contributed by atoms with van der Waals surface area (Å²) in [4.78, 5) is 21.1. The van der Waals surface area contributed by atoms with Gasteiger partial charge in [0.05, 0.1) is 9.85 Å². The number of non-ortho nitro benzene ring substituents is 2. The van der Waals surface area contributed by atoms with Gasteiger partial charge in [0, 0.05) is 53.7 Å². The fourth-order valence-electron chi connectivity index (χ4n) is 3.86. The molecule has 1 aliphatic carbocycles. The minimum atomic E-state index is -0.409. The fourth-order valence-corrected chi connectivity index (χ4v) is 3.86. The first-order valence-electron chi connectivity index (χ1n) is 9.11. The predicted molar refractivity (Wildman–Crippen MR) is 103 cm³/mol. The number of benzene rings is 2. The Morgan fingerprint density at radius 1 is 1.07 bits per heavy atom. The van der Waals surface area contributed by atoms with Crippen LogP contribution in [0.3, 0.4) is 0 Å². The minimum absolute atomic E-state index is 0.0276. The number of furan rings is 1. The molecule has 2 aromatic carbocycles. The molecular weight excluding hydrogens is 362 g/mol. The van der Waals surface area contributed by atoms with Crippen molar-refractivity contribution in [2.24, 2.45) is 0 Å². The number of nitrogens with zero attached hydrogens (tertiary/aromatic N) is 2. The van der Waals surface area contributed by atoms with Crippen molar-refractivity contribution in [1.82, 2.24) is 5.32 Å². The molecule has 2 atom stereocenters. The molecule has 0 spiro atoms. The molecule has 1 N–H and O–H groups in total. The molecule has 1 aromatic heterocycles. The van der Waals surface area contributed by atoms with Gasteiger partial charge in [-0.05, 0) is 31.4 Å². The number of rotatable bonds is 5. The quantitative estimate of drug-likeness (QED) is 0.516. The molecule has 0 radical (unpaired) electrons. The lowest BCUT2D eigenvalue weighted by atomic mass is 9.90. The maximum atomic E-state index is 11.1. The van der Waals surface area contributed by atoms with Crippen LogP contribution in [-0.2, 0) is 12.8 Å². The Morgan fingerprint density at radius 3 is 2.43 bits per heavy atom. The third-order valence-corrected chi connectivity index (χ3v) is 5.33. The molecule has 1 aliphatic rings. The molecule has 0 amide bonds. The van der Waals surface area contributed by atoms with E-state index in [0.717, 1.165) is 41.5 Å². The van der Waals surface area contributed by atoms with Crippen LogP contribution in [0.25, 0.3) is 11.0 Å². The monoisotopic (exact) mass is 381 g/mol. The van der Waals surface area contributed by atoms with Crippen LogP contribution in [0.1, 0.15) is 36.3 Å². The summed E-state index contributed by atoms with van der Waals surface area (Å²) in [6.45, 7) is 2.02. The Hall–Kier alpha value is -3.26. The van der Waals surface area contributed by atoms with Crippen molar-refractivity contribution >= 4 is 22.3 Å². The third-order valence-electron chi connectivity index (χ3n) is 5.33. The molecule has 8 nitrogen and oxygen atoms in total. The molecule has 2 unspecified atom stereocenters. The second-order valence-corrected chi connectivity index (χ2v) is 7.12. The molecule has 0 saturated carbocycles. The molecule has 0 bridgehead atoms. The van der Waals surface area contributed by atoms with Crippen LogP contribution < -0.4 is 5.32 Å². The molecule has 0 saturated heterocycles. The number of fused-ring (bicyclic) bond motifs is 3. The van der Waals surface area contributed by atoms with Crippen molar-refractivity contribution < 1.29 is 14.3 Å².